The van der Waals surface area contributed by atoms with Gasteiger partial charge in [0, 0.05) is 0 Å². The van der Waals surface area contributed by atoms with Gasteiger partial charge < -0.3 is 0 Å². The lowest BCUT2D eigenvalue weighted by molar-refractivity contribution is 0.615. The standard InChI is InChI=1S/C11H13F/c1-4-9-6-7-11(12)8(3)10(9)5-2/h4,6-7H,1,5H2,2-3H3. The molecule has 0 aliphatic carbocycles. The van der Waals surface area contributed by atoms with Crippen LogP contribution in [0.5, 0.6) is 0 Å². The summed E-state index contributed by atoms with van der Waals surface area (Å²) in [5.41, 5.74) is 2.84. The second kappa shape index (κ2) is 3.53. The van der Waals surface area contributed by atoms with Crippen LogP contribution in [0.15, 0.2) is 18.7 Å². The van der Waals surface area contributed by atoms with Crippen LogP contribution in [0.3, 0.4) is 0 Å². The molecule has 12 heavy (non-hydrogen) atoms. The molecule has 0 fully saturated rings. The van der Waals surface area contributed by atoms with Gasteiger partial charge in [-0.1, -0.05) is 25.6 Å². The van der Waals surface area contributed by atoms with Crippen molar-refractivity contribution in [3.8, 4) is 0 Å². The molecule has 64 valence electrons. The van der Waals surface area contributed by atoms with Crippen LogP contribution in [-0.2, 0) is 6.42 Å². The average molecular weight is 164 g/mol. The first-order valence-electron chi connectivity index (χ1n) is 4.11. The van der Waals surface area contributed by atoms with Crippen LogP contribution in [0.2, 0.25) is 0 Å². The van der Waals surface area contributed by atoms with E-state index >= 15 is 0 Å². The predicted octanol–water partition coefficient (Wildman–Crippen LogP) is 3.34. The molecule has 0 unspecified atom stereocenters. The fourth-order valence-corrected chi connectivity index (χ4v) is 1.41. The molecular weight excluding hydrogens is 151 g/mol. The van der Waals surface area contributed by atoms with Gasteiger partial charge in [0.25, 0.3) is 0 Å². The Hall–Kier alpha value is -1.11. The van der Waals surface area contributed by atoms with Gasteiger partial charge in [-0.25, -0.2) is 4.39 Å². The third-order valence-electron chi connectivity index (χ3n) is 2.14. The second-order valence-corrected chi connectivity index (χ2v) is 2.80. The lowest BCUT2D eigenvalue weighted by Crippen LogP contribution is -1.94. The minimum atomic E-state index is -0.127. The van der Waals surface area contributed by atoms with Crippen molar-refractivity contribution in [3.63, 3.8) is 0 Å². The van der Waals surface area contributed by atoms with Gasteiger partial charge in [-0.2, -0.15) is 0 Å². The van der Waals surface area contributed by atoms with Crippen LogP contribution in [0.4, 0.5) is 4.39 Å². The zero-order chi connectivity index (χ0) is 9.14. The van der Waals surface area contributed by atoms with Crippen LogP contribution in [0.1, 0.15) is 23.6 Å². The molecular formula is C11H13F. The molecule has 0 aliphatic heterocycles. The average Bonchev–Trinajstić information content (AvgIpc) is 2.09. The molecule has 0 bridgehead atoms. The molecule has 0 nitrogen and oxygen atoms in total. The molecule has 0 radical (unpaired) electrons. The Labute approximate surface area is 72.7 Å². The molecule has 0 saturated heterocycles. The third kappa shape index (κ3) is 1.40. The van der Waals surface area contributed by atoms with Crippen LogP contribution in [-0.4, -0.2) is 0 Å². The molecule has 0 N–H and O–H groups in total. The predicted molar refractivity (Wildman–Crippen MR) is 50.6 cm³/mol. The van der Waals surface area contributed by atoms with Gasteiger partial charge >= 0.3 is 0 Å². The fourth-order valence-electron chi connectivity index (χ4n) is 1.41. The van der Waals surface area contributed by atoms with Crippen molar-refractivity contribution >= 4 is 6.08 Å². The zero-order valence-electron chi connectivity index (χ0n) is 7.52. The number of benzene rings is 1. The van der Waals surface area contributed by atoms with Gasteiger partial charge in [-0.05, 0) is 36.1 Å². The van der Waals surface area contributed by atoms with Gasteiger partial charge in [0.15, 0.2) is 0 Å². The first kappa shape index (κ1) is 8.98. The molecule has 1 aromatic carbocycles. The molecule has 0 heterocycles. The van der Waals surface area contributed by atoms with E-state index in [1.807, 2.05) is 6.92 Å². The maximum Gasteiger partial charge on any atom is 0.126 e. The summed E-state index contributed by atoms with van der Waals surface area (Å²) in [5, 5.41) is 0. The van der Waals surface area contributed by atoms with Gasteiger partial charge in [0.2, 0.25) is 0 Å². The molecule has 0 spiro atoms. The van der Waals surface area contributed by atoms with Crippen molar-refractivity contribution in [2.24, 2.45) is 0 Å². The quantitative estimate of drug-likeness (QED) is 0.629. The Morgan fingerprint density at radius 3 is 2.67 bits per heavy atom. The molecule has 1 heteroatoms. The molecule has 1 aromatic rings. The number of hydrogen-bond donors (Lipinski definition) is 0. The Morgan fingerprint density at radius 1 is 1.50 bits per heavy atom. The summed E-state index contributed by atoms with van der Waals surface area (Å²) in [4.78, 5) is 0. The van der Waals surface area contributed by atoms with E-state index in [-0.39, 0.29) is 5.82 Å². The highest BCUT2D eigenvalue weighted by molar-refractivity contribution is 5.54. The van der Waals surface area contributed by atoms with Crippen LogP contribution >= 0.6 is 0 Å². The molecule has 1 rings (SSSR count). The second-order valence-electron chi connectivity index (χ2n) is 2.80. The Morgan fingerprint density at radius 2 is 2.17 bits per heavy atom. The number of hydrogen-bond acceptors (Lipinski definition) is 0. The summed E-state index contributed by atoms with van der Waals surface area (Å²) in [6.45, 7) is 7.52. The smallest absolute Gasteiger partial charge is 0.126 e. The van der Waals surface area contributed by atoms with Gasteiger partial charge in [-0.15, -0.1) is 0 Å². The third-order valence-corrected chi connectivity index (χ3v) is 2.14. The van der Waals surface area contributed by atoms with E-state index in [9.17, 15) is 4.39 Å². The van der Waals surface area contributed by atoms with Crippen molar-refractivity contribution < 1.29 is 4.39 Å². The largest absolute Gasteiger partial charge is 0.207 e. The van der Waals surface area contributed by atoms with E-state index < -0.39 is 0 Å². The zero-order valence-corrected chi connectivity index (χ0v) is 7.52. The van der Waals surface area contributed by atoms with Crippen LogP contribution in [0.25, 0.3) is 6.08 Å². The van der Waals surface area contributed by atoms with E-state index in [2.05, 4.69) is 6.58 Å². The van der Waals surface area contributed by atoms with Gasteiger partial charge in [0.1, 0.15) is 5.82 Å². The molecule has 0 aliphatic rings. The van der Waals surface area contributed by atoms with E-state index in [1.165, 1.54) is 6.07 Å². The summed E-state index contributed by atoms with van der Waals surface area (Å²) in [5.74, 6) is -0.127. The summed E-state index contributed by atoms with van der Waals surface area (Å²) >= 11 is 0. The summed E-state index contributed by atoms with van der Waals surface area (Å²) in [6, 6.07) is 3.26. The molecule has 0 aromatic heterocycles. The fraction of sp³-hybridized carbons (Fsp3) is 0.273. The molecule has 0 amide bonds. The lowest BCUT2D eigenvalue weighted by Gasteiger charge is -2.07. The minimum Gasteiger partial charge on any atom is -0.207 e. The first-order chi connectivity index (χ1) is 5.70. The maximum absolute atomic E-state index is 13.0. The highest BCUT2D eigenvalue weighted by Gasteiger charge is 2.05. The Bertz CT molecular complexity index is 300. The van der Waals surface area contributed by atoms with Crippen molar-refractivity contribution in [2.45, 2.75) is 20.3 Å². The monoisotopic (exact) mass is 164 g/mol. The normalized spacial score (nSPS) is 9.92. The SMILES string of the molecule is C=Cc1ccc(F)c(C)c1CC. The molecule has 0 atom stereocenters. The van der Waals surface area contributed by atoms with E-state index in [4.69, 9.17) is 0 Å². The summed E-state index contributed by atoms with van der Waals surface area (Å²) in [6.07, 6.45) is 2.62. The van der Waals surface area contributed by atoms with Crippen molar-refractivity contribution in [1.82, 2.24) is 0 Å². The first-order valence-corrected chi connectivity index (χ1v) is 4.11. The minimum absolute atomic E-state index is 0.127. The van der Waals surface area contributed by atoms with Gasteiger partial charge in [-0.3, -0.25) is 0 Å². The van der Waals surface area contributed by atoms with Gasteiger partial charge in [0.05, 0.1) is 0 Å². The van der Waals surface area contributed by atoms with E-state index in [1.54, 1.807) is 19.1 Å². The highest BCUT2D eigenvalue weighted by Crippen LogP contribution is 2.18. The Balaban J connectivity index is 3.35. The van der Waals surface area contributed by atoms with Crippen molar-refractivity contribution in [2.75, 3.05) is 0 Å². The van der Waals surface area contributed by atoms with E-state index in [0.29, 0.717) is 0 Å². The Kier molecular flexibility index (Phi) is 2.64. The number of halogens is 1. The van der Waals surface area contributed by atoms with Crippen molar-refractivity contribution in [3.05, 3.63) is 41.2 Å². The summed E-state index contributed by atoms with van der Waals surface area (Å²) < 4.78 is 13.0. The van der Waals surface area contributed by atoms with Crippen LogP contribution in [0, 0.1) is 12.7 Å². The highest BCUT2D eigenvalue weighted by atomic mass is 19.1. The topological polar surface area (TPSA) is 0 Å². The maximum atomic E-state index is 13.0. The summed E-state index contributed by atoms with van der Waals surface area (Å²) in [7, 11) is 0. The number of rotatable bonds is 2. The van der Waals surface area contributed by atoms with Crippen molar-refractivity contribution in [1.29, 1.82) is 0 Å². The van der Waals surface area contributed by atoms with E-state index in [0.717, 1.165) is 23.1 Å². The molecule has 0 saturated carbocycles. The van der Waals surface area contributed by atoms with Crippen LogP contribution < -0.4 is 0 Å². The lowest BCUT2D eigenvalue weighted by atomic mass is 9.99.